The predicted octanol–water partition coefficient (Wildman–Crippen LogP) is 2.43. The van der Waals surface area contributed by atoms with Crippen molar-refractivity contribution < 1.29 is 23.1 Å². The highest BCUT2D eigenvalue weighted by atomic mass is 32.1. The standard InChI is InChI=1S/C10H11F3N2O2S/c11-10(12,13)9-14-4-7(18-9)5-2-1-3-6(15-5)8(16)17/h4-6,15H,1-3H2,(H,16,17). The second-order valence-corrected chi connectivity index (χ2v) is 5.17. The van der Waals surface area contributed by atoms with Crippen LogP contribution in [0.25, 0.3) is 0 Å². The van der Waals surface area contributed by atoms with E-state index in [2.05, 4.69) is 10.3 Å². The quantitative estimate of drug-likeness (QED) is 0.873. The Morgan fingerprint density at radius 2 is 2.22 bits per heavy atom. The van der Waals surface area contributed by atoms with Crippen LogP contribution >= 0.6 is 11.3 Å². The van der Waals surface area contributed by atoms with Crippen LogP contribution in [0.4, 0.5) is 13.2 Å². The highest BCUT2D eigenvalue weighted by Gasteiger charge is 2.36. The molecule has 0 bridgehead atoms. The maximum absolute atomic E-state index is 12.4. The summed E-state index contributed by atoms with van der Waals surface area (Å²) < 4.78 is 37.2. The number of piperidine rings is 1. The van der Waals surface area contributed by atoms with Crippen molar-refractivity contribution in [3.05, 3.63) is 16.1 Å². The number of halogens is 3. The second-order valence-electron chi connectivity index (χ2n) is 4.11. The predicted molar refractivity (Wildman–Crippen MR) is 58.3 cm³/mol. The van der Waals surface area contributed by atoms with Crippen molar-refractivity contribution in [1.29, 1.82) is 0 Å². The van der Waals surface area contributed by atoms with Crippen LogP contribution in [0.1, 0.15) is 35.2 Å². The lowest BCUT2D eigenvalue weighted by molar-refractivity contribution is -0.140. The summed E-state index contributed by atoms with van der Waals surface area (Å²) in [6.07, 6.45) is -1.47. The monoisotopic (exact) mass is 280 g/mol. The van der Waals surface area contributed by atoms with Crippen LogP contribution in [0, 0.1) is 0 Å². The Bertz CT molecular complexity index is 447. The Kier molecular flexibility index (Phi) is 3.58. The molecule has 0 amide bonds. The van der Waals surface area contributed by atoms with Crippen molar-refractivity contribution in [2.45, 2.75) is 37.5 Å². The number of carboxylic acid groups (broad SMARTS) is 1. The molecule has 0 saturated carbocycles. The molecule has 2 rings (SSSR count). The van der Waals surface area contributed by atoms with Crippen LogP contribution in [-0.4, -0.2) is 22.1 Å². The van der Waals surface area contributed by atoms with Gasteiger partial charge in [0.1, 0.15) is 6.04 Å². The molecule has 0 radical (unpaired) electrons. The molecule has 2 atom stereocenters. The minimum Gasteiger partial charge on any atom is -0.480 e. The molecule has 1 aromatic heterocycles. The average Bonchev–Trinajstić information content (AvgIpc) is 2.78. The minimum atomic E-state index is -4.44. The summed E-state index contributed by atoms with van der Waals surface area (Å²) in [4.78, 5) is 14.6. The first-order valence-electron chi connectivity index (χ1n) is 5.39. The fraction of sp³-hybridized carbons (Fsp3) is 0.600. The molecule has 0 aromatic carbocycles. The summed E-state index contributed by atoms with van der Waals surface area (Å²) >= 11 is 0.569. The van der Waals surface area contributed by atoms with Gasteiger partial charge < -0.3 is 5.11 Å². The maximum atomic E-state index is 12.4. The number of hydrogen-bond donors (Lipinski definition) is 2. The molecule has 2 N–H and O–H groups in total. The van der Waals surface area contributed by atoms with E-state index in [1.807, 2.05) is 0 Å². The number of carbonyl (C=O) groups is 1. The molecular formula is C10H11F3N2O2S. The van der Waals surface area contributed by atoms with Gasteiger partial charge in [-0.2, -0.15) is 13.2 Å². The van der Waals surface area contributed by atoms with Gasteiger partial charge in [0, 0.05) is 17.1 Å². The second kappa shape index (κ2) is 4.85. The van der Waals surface area contributed by atoms with Crippen LogP contribution in [0.5, 0.6) is 0 Å². The Morgan fingerprint density at radius 1 is 1.50 bits per heavy atom. The summed E-state index contributed by atoms with van der Waals surface area (Å²) in [5.41, 5.74) is 0. The highest BCUT2D eigenvalue weighted by Crippen LogP contribution is 2.36. The maximum Gasteiger partial charge on any atom is 0.443 e. The largest absolute Gasteiger partial charge is 0.480 e. The smallest absolute Gasteiger partial charge is 0.443 e. The lowest BCUT2D eigenvalue weighted by atomic mass is 9.98. The molecule has 0 spiro atoms. The molecule has 1 aliphatic heterocycles. The summed E-state index contributed by atoms with van der Waals surface area (Å²) in [5.74, 6) is -0.972. The Labute approximate surface area is 105 Å². The topological polar surface area (TPSA) is 62.2 Å². The number of nitrogens with zero attached hydrogens (tertiary/aromatic N) is 1. The van der Waals surface area contributed by atoms with Gasteiger partial charge in [-0.1, -0.05) is 0 Å². The Balaban J connectivity index is 2.12. The van der Waals surface area contributed by atoms with Gasteiger partial charge in [0.15, 0.2) is 5.01 Å². The van der Waals surface area contributed by atoms with Gasteiger partial charge in [-0.3, -0.25) is 10.1 Å². The first-order chi connectivity index (χ1) is 8.38. The van der Waals surface area contributed by atoms with Crippen LogP contribution in [0.3, 0.4) is 0 Å². The molecule has 2 unspecified atom stereocenters. The molecule has 1 fully saturated rings. The van der Waals surface area contributed by atoms with Crippen molar-refractivity contribution in [2.24, 2.45) is 0 Å². The lowest BCUT2D eigenvalue weighted by Crippen LogP contribution is -2.42. The third-order valence-corrected chi connectivity index (χ3v) is 3.95. The van der Waals surface area contributed by atoms with Gasteiger partial charge in [0.25, 0.3) is 0 Å². The highest BCUT2D eigenvalue weighted by molar-refractivity contribution is 7.11. The van der Waals surface area contributed by atoms with Crippen molar-refractivity contribution in [2.75, 3.05) is 0 Å². The average molecular weight is 280 g/mol. The molecule has 4 nitrogen and oxygen atoms in total. The van der Waals surface area contributed by atoms with Crippen LogP contribution < -0.4 is 5.32 Å². The lowest BCUT2D eigenvalue weighted by Gasteiger charge is -2.27. The number of rotatable bonds is 2. The number of thiazole rings is 1. The third kappa shape index (κ3) is 2.81. The zero-order valence-corrected chi connectivity index (χ0v) is 10.0. The van der Waals surface area contributed by atoms with E-state index in [9.17, 15) is 18.0 Å². The van der Waals surface area contributed by atoms with E-state index in [4.69, 9.17) is 5.11 Å². The van der Waals surface area contributed by atoms with Crippen molar-refractivity contribution in [3.8, 4) is 0 Å². The number of alkyl halides is 3. The molecule has 18 heavy (non-hydrogen) atoms. The molecule has 100 valence electrons. The van der Waals surface area contributed by atoms with Gasteiger partial charge >= 0.3 is 12.1 Å². The van der Waals surface area contributed by atoms with E-state index in [-0.39, 0.29) is 6.04 Å². The number of nitrogens with one attached hydrogen (secondary N) is 1. The first kappa shape index (κ1) is 13.3. The van der Waals surface area contributed by atoms with Crippen molar-refractivity contribution >= 4 is 17.3 Å². The van der Waals surface area contributed by atoms with E-state index in [1.54, 1.807) is 0 Å². The van der Waals surface area contributed by atoms with E-state index in [1.165, 1.54) is 6.20 Å². The molecular weight excluding hydrogens is 269 g/mol. The van der Waals surface area contributed by atoms with E-state index in [0.29, 0.717) is 35.5 Å². The fourth-order valence-electron chi connectivity index (χ4n) is 1.93. The van der Waals surface area contributed by atoms with Crippen molar-refractivity contribution in [3.63, 3.8) is 0 Å². The zero-order valence-electron chi connectivity index (χ0n) is 9.20. The number of aliphatic carboxylic acids is 1. The van der Waals surface area contributed by atoms with Gasteiger partial charge in [-0.05, 0) is 19.3 Å². The molecule has 1 aliphatic rings. The zero-order chi connectivity index (χ0) is 13.3. The van der Waals surface area contributed by atoms with Gasteiger partial charge in [-0.25, -0.2) is 4.98 Å². The normalized spacial score (nSPS) is 25.1. The summed E-state index contributed by atoms with van der Waals surface area (Å²) in [7, 11) is 0. The van der Waals surface area contributed by atoms with Crippen LogP contribution in [-0.2, 0) is 11.0 Å². The summed E-state index contributed by atoms with van der Waals surface area (Å²) in [6.45, 7) is 0. The van der Waals surface area contributed by atoms with Gasteiger partial charge in [0.05, 0.1) is 0 Å². The van der Waals surface area contributed by atoms with Crippen LogP contribution in [0.2, 0.25) is 0 Å². The van der Waals surface area contributed by atoms with Gasteiger partial charge in [-0.15, -0.1) is 11.3 Å². The Morgan fingerprint density at radius 3 is 2.78 bits per heavy atom. The number of hydrogen-bond acceptors (Lipinski definition) is 4. The van der Waals surface area contributed by atoms with E-state index in [0.717, 1.165) is 0 Å². The van der Waals surface area contributed by atoms with E-state index < -0.39 is 23.2 Å². The Hall–Kier alpha value is -1.15. The SMILES string of the molecule is O=C(O)C1CCCC(c2cnc(C(F)(F)F)s2)N1. The molecule has 1 aromatic rings. The van der Waals surface area contributed by atoms with Gasteiger partial charge in [0.2, 0.25) is 0 Å². The van der Waals surface area contributed by atoms with Crippen molar-refractivity contribution in [1.82, 2.24) is 10.3 Å². The van der Waals surface area contributed by atoms with E-state index >= 15 is 0 Å². The molecule has 0 aliphatic carbocycles. The molecule has 1 saturated heterocycles. The number of carboxylic acids is 1. The third-order valence-electron chi connectivity index (χ3n) is 2.80. The first-order valence-corrected chi connectivity index (χ1v) is 6.21. The summed E-state index contributed by atoms with van der Waals surface area (Å²) in [5, 5.41) is 10.8. The van der Waals surface area contributed by atoms with Crippen LogP contribution in [0.15, 0.2) is 6.20 Å². The fourth-order valence-corrected chi connectivity index (χ4v) is 2.81. The number of aromatic nitrogens is 1. The molecule has 8 heteroatoms. The molecule has 2 heterocycles. The summed E-state index contributed by atoms with van der Waals surface area (Å²) in [6, 6.07) is -1.05. The minimum absolute atomic E-state index is 0.353.